The number of carbonyl (C=O) groups is 4. The molecule has 0 saturated carbocycles. The van der Waals surface area contributed by atoms with Crippen LogP contribution < -0.4 is 0 Å². The molecular formula is C69H134O17P2. The second kappa shape index (κ2) is 58.8. The number of unbranched alkanes of at least 4 members (excludes halogenated alkanes) is 32. The Bertz CT molecular complexity index is 1750. The number of hydrogen-bond acceptors (Lipinski definition) is 15. The molecule has 0 aromatic heterocycles. The van der Waals surface area contributed by atoms with E-state index in [2.05, 4.69) is 55.4 Å². The Morgan fingerprint density at radius 3 is 0.705 bits per heavy atom. The van der Waals surface area contributed by atoms with E-state index >= 15 is 0 Å². The molecule has 0 spiro atoms. The number of carbonyl (C=O) groups excluding carboxylic acids is 4. The third kappa shape index (κ3) is 62.8. The maximum atomic E-state index is 13.0. The fraction of sp³-hybridized carbons (Fsp3) is 0.942. The number of phosphoric ester groups is 2. The summed E-state index contributed by atoms with van der Waals surface area (Å²) in [7, 11) is -9.90. The summed E-state index contributed by atoms with van der Waals surface area (Å²) < 4.78 is 68.2. The first-order valence-electron chi connectivity index (χ1n) is 35.7. The molecule has 0 rings (SSSR count). The van der Waals surface area contributed by atoms with E-state index in [0.717, 1.165) is 114 Å². The van der Waals surface area contributed by atoms with Crippen molar-refractivity contribution in [2.75, 3.05) is 39.6 Å². The molecule has 0 aliphatic rings. The minimum atomic E-state index is -4.95. The molecule has 0 aromatic rings. The Morgan fingerprint density at radius 2 is 0.477 bits per heavy atom. The van der Waals surface area contributed by atoms with Crippen molar-refractivity contribution in [3.63, 3.8) is 0 Å². The predicted octanol–water partition coefficient (Wildman–Crippen LogP) is 19.3. The van der Waals surface area contributed by atoms with Crippen molar-refractivity contribution >= 4 is 39.5 Å². The number of hydrogen-bond donors (Lipinski definition) is 3. The minimum absolute atomic E-state index is 0.103. The second-order valence-electron chi connectivity index (χ2n) is 26.8. The summed E-state index contributed by atoms with van der Waals surface area (Å²) in [6.07, 6.45) is 40.4. The van der Waals surface area contributed by atoms with E-state index in [-0.39, 0.29) is 25.7 Å². The molecule has 0 aromatic carbocycles. The SMILES string of the molecule is CC(C)CCCCCCCCCCCCCC(=O)O[C@H](COC(=O)CCCCCCCCCCCCC(C)C)COP(=O)(O)OCC(O)COP(=O)(O)OC[C@@H](COC(=O)CCCCCCCCCC(C)C)OC(=O)CCCCCCCCCCC(C)C. The van der Waals surface area contributed by atoms with Gasteiger partial charge in [0.1, 0.15) is 19.3 Å². The zero-order valence-electron chi connectivity index (χ0n) is 57.3. The normalized spacial score (nSPS) is 14.3. The van der Waals surface area contributed by atoms with E-state index in [4.69, 9.17) is 37.0 Å². The van der Waals surface area contributed by atoms with E-state index in [9.17, 15) is 43.2 Å². The summed E-state index contributed by atoms with van der Waals surface area (Å²) >= 11 is 0. The zero-order valence-corrected chi connectivity index (χ0v) is 59.1. The van der Waals surface area contributed by atoms with Crippen LogP contribution >= 0.6 is 15.6 Å². The van der Waals surface area contributed by atoms with Gasteiger partial charge in [0, 0.05) is 25.7 Å². The molecule has 522 valence electrons. The largest absolute Gasteiger partial charge is 0.472 e. The van der Waals surface area contributed by atoms with Gasteiger partial charge in [0.2, 0.25) is 0 Å². The lowest BCUT2D eigenvalue weighted by Crippen LogP contribution is -2.30. The summed E-state index contributed by atoms with van der Waals surface area (Å²) in [5, 5.41) is 10.6. The van der Waals surface area contributed by atoms with Crippen molar-refractivity contribution in [1.29, 1.82) is 0 Å². The predicted molar refractivity (Wildman–Crippen MR) is 354 cm³/mol. The highest BCUT2D eigenvalue weighted by molar-refractivity contribution is 7.47. The quantitative estimate of drug-likeness (QED) is 0.0222. The summed E-state index contributed by atoms with van der Waals surface area (Å²) in [6, 6.07) is 0. The van der Waals surface area contributed by atoms with E-state index in [1.807, 2.05) is 0 Å². The molecular weight excluding hydrogens is 1160 g/mol. The molecule has 17 nitrogen and oxygen atoms in total. The standard InChI is InChI=1S/C69H134O17P2/c1-59(2)45-37-29-21-14-10-9-11-17-26-35-43-51-68(73)85-64(55-79-66(71)49-41-33-25-16-13-12-15-22-30-38-46-60(3)4)57-83-87(75,76)81-53-63(70)54-82-88(77,78)84-58-65(56-80-67(72)50-42-34-28-20-24-32-40-48-62(7)8)86-69(74)52-44-36-27-19-18-23-31-39-47-61(5)6/h59-65,70H,9-58H2,1-8H3,(H,75,76)(H,77,78)/t63?,64-,65-/m1/s1. The first-order chi connectivity index (χ1) is 42.1. The highest BCUT2D eigenvalue weighted by Crippen LogP contribution is 2.45. The van der Waals surface area contributed by atoms with Crippen LogP contribution in [-0.2, 0) is 65.4 Å². The maximum Gasteiger partial charge on any atom is 0.472 e. The van der Waals surface area contributed by atoms with Crippen LogP contribution in [-0.4, -0.2) is 96.7 Å². The first-order valence-corrected chi connectivity index (χ1v) is 38.7. The van der Waals surface area contributed by atoms with Crippen LogP contribution in [0.5, 0.6) is 0 Å². The minimum Gasteiger partial charge on any atom is -0.462 e. The monoisotopic (exact) mass is 1300 g/mol. The number of aliphatic hydroxyl groups excluding tert-OH is 1. The van der Waals surface area contributed by atoms with Crippen LogP contribution in [0.4, 0.5) is 0 Å². The smallest absolute Gasteiger partial charge is 0.462 e. The average molecular weight is 1300 g/mol. The molecule has 0 aliphatic heterocycles. The van der Waals surface area contributed by atoms with Crippen LogP contribution in [0.15, 0.2) is 0 Å². The van der Waals surface area contributed by atoms with Crippen molar-refractivity contribution in [2.45, 2.75) is 356 Å². The van der Waals surface area contributed by atoms with E-state index in [0.29, 0.717) is 31.6 Å². The Hall–Kier alpha value is -1.94. The van der Waals surface area contributed by atoms with Gasteiger partial charge >= 0.3 is 39.5 Å². The lowest BCUT2D eigenvalue weighted by atomic mass is 10.0. The van der Waals surface area contributed by atoms with Gasteiger partial charge in [0.25, 0.3) is 0 Å². The fourth-order valence-electron chi connectivity index (χ4n) is 10.3. The van der Waals surface area contributed by atoms with Crippen molar-refractivity contribution in [1.82, 2.24) is 0 Å². The first kappa shape index (κ1) is 86.1. The summed E-state index contributed by atoms with van der Waals surface area (Å²) in [6.45, 7) is 14.0. The van der Waals surface area contributed by atoms with Gasteiger partial charge in [-0.2, -0.15) is 0 Å². The van der Waals surface area contributed by atoms with Crippen molar-refractivity contribution in [3.8, 4) is 0 Å². The molecule has 3 N–H and O–H groups in total. The molecule has 0 saturated heterocycles. The van der Waals surface area contributed by atoms with Gasteiger partial charge < -0.3 is 33.8 Å². The van der Waals surface area contributed by atoms with Gasteiger partial charge in [-0.25, -0.2) is 9.13 Å². The number of ether oxygens (including phenoxy) is 4. The van der Waals surface area contributed by atoms with Crippen LogP contribution in [0, 0.1) is 23.7 Å². The topological polar surface area (TPSA) is 237 Å². The Kier molecular flexibility index (Phi) is 57.6. The van der Waals surface area contributed by atoms with Crippen molar-refractivity contribution in [3.05, 3.63) is 0 Å². The zero-order chi connectivity index (χ0) is 65.4. The van der Waals surface area contributed by atoms with Crippen molar-refractivity contribution < 1.29 is 80.2 Å². The van der Waals surface area contributed by atoms with Crippen LogP contribution in [0.2, 0.25) is 0 Å². The summed E-state index contributed by atoms with van der Waals surface area (Å²) in [5.41, 5.74) is 0. The lowest BCUT2D eigenvalue weighted by Gasteiger charge is -2.21. The van der Waals surface area contributed by atoms with Gasteiger partial charge in [-0.3, -0.25) is 37.3 Å². The van der Waals surface area contributed by atoms with Gasteiger partial charge in [0.15, 0.2) is 12.2 Å². The fourth-order valence-corrected chi connectivity index (χ4v) is 11.9. The highest BCUT2D eigenvalue weighted by atomic mass is 31.2. The van der Waals surface area contributed by atoms with E-state index < -0.39 is 97.5 Å². The number of rotatable bonds is 66. The molecule has 0 radical (unpaired) electrons. The second-order valence-corrected chi connectivity index (χ2v) is 29.7. The van der Waals surface area contributed by atoms with E-state index in [1.165, 1.54) is 135 Å². The molecule has 5 atom stereocenters. The van der Waals surface area contributed by atoms with Gasteiger partial charge in [0.05, 0.1) is 26.4 Å². The number of phosphoric acid groups is 2. The average Bonchev–Trinajstić information content (AvgIpc) is 3.51. The lowest BCUT2D eigenvalue weighted by molar-refractivity contribution is -0.161. The Morgan fingerprint density at radius 1 is 0.284 bits per heavy atom. The number of aliphatic hydroxyl groups is 1. The van der Waals surface area contributed by atoms with Crippen LogP contribution in [0.25, 0.3) is 0 Å². The molecule has 3 unspecified atom stereocenters. The number of esters is 4. The third-order valence-corrected chi connectivity index (χ3v) is 17.7. The molecule has 0 aliphatic carbocycles. The molecule has 0 heterocycles. The molecule has 19 heteroatoms. The molecule has 0 fully saturated rings. The Balaban J connectivity index is 5.26. The molecule has 88 heavy (non-hydrogen) atoms. The molecule has 0 amide bonds. The van der Waals surface area contributed by atoms with Crippen LogP contribution in [0.1, 0.15) is 338 Å². The summed E-state index contributed by atoms with van der Waals surface area (Å²) in [4.78, 5) is 72.5. The van der Waals surface area contributed by atoms with Crippen LogP contribution in [0.3, 0.4) is 0 Å². The van der Waals surface area contributed by atoms with Crippen molar-refractivity contribution in [2.24, 2.45) is 23.7 Å². The van der Waals surface area contributed by atoms with Gasteiger partial charge in [-0.15, -0.1) is 0 Å². The summed E-state index contributed by atoms with van der Waals surface area (Å²) in [5.74, 6) is 0.815. The van der Waals surface area contributed by atoms with E-state index in [1.54, 1.807) is 0 Å². The Labute approximate surface area is 537 Å². The van der Waals surface area contributed by atoms with Gasteiger partial charge in [-0.05, 0) is 49.4 Å². The highest BCUT2D eigenvalue weighted by Gasteiger charge is 2.30. The maximum absolute atomic E-state index is 13.0. The molecule has 0 bridgehead atoms. The third-order valence-electron chi connectivity index (χ3n) is 15.8. The van der Waals surface area contributed by atoms with Gasteiger partial charge in [-0.1, -0.05) is 287 Å².